The summed E-state index contributed by atoms with van der Waals surface area (Å²) in [4.78, 5) is 24.4. The Bertz CT molecular complexity index is 661. The number of rotatable bonds is 5. The average molecular weight is 334 g/mol. The molecule has 1 saturated heterocycles. The quantitative estimate of drug-likeness (QED) is 0.705. The third-order valence-electron chi connectivity index (χ3n) is 4.96. The van der Waals surface area contributed by atoms with E-state index < -0.39 is 12.2 Å². The zero-order valence-corrected chi connectivity index (χ0v) is 13.6. The Kier molecular flexibility index (Phi) is 4.73. The summed E-state index contributed by atoms with van der Waals surface area (Å²) in [7, 11) is 0. The van der Waals surface area contributed by atoms with Crippen LogP contribution in [-0.2, 0) is 11.3 Å². The molecular formula is C17H22N2O5. The van der Waals surface area contributed by atoms with Gasteiger partial charge in [0.15, 0.2) is 0 Å². The maximum atomic E-state index is 11.6. The topological polar surface area (TPSA) is 99.1 Å². The van der Waals surface area contributed by atoms with E-state index in [1.54, 1.807) is 12.1 Å². The average Bonchev–Trinajstić information content (AvgIpc) is 3.13. The van der Waals surface area contributed by atoms with Gasteiger partial charge < -0.3 is 20.3 Å². The Balaban J connectivity index is 1.70. The van der Waals surface area contributed by atoms with Crippen LogP contribution in [0.2, 0.25) is 0 Å². The van der Waals surface area contributed by atoms with Gasteiger partial charge in [-0.25, -0.2) is 9.59 Å². The molecule has 1 aromatic carbocycles. The number of cyclic esters (lactones) is 1. The number of carbonyl (C=O) groups is 2. The highest BCUT2D eigenvalue weighted by molar-refractivity contribution is 5.93. The third-order valence-corrected chi connectivity index (χ3v) is 4.96. The van der Waals surface area contributed by atoms with Crippen LogP contribution in [0.25, 0.3) is 0 Å². The van der Waals surface area contributed by atoms with Crippen molar-refractivity contribution in [3.63, 3.8) is 0 Å². The number of ether oxygens (including phenoxy) is 1. The lowest BCUT2D eigenvalue weighted by Crippen LogP contribution is -2.41. The number of fused-ring (bicyclic) bond motifs is 1. The van der Waals surface area contributed by atoms with Gasteiger partial charge in [-0.05, 0) is 43.5 Å². The highest BCUT2D eigenvalue weighted by Gasteiger charge is 2.29. The smallest absolute Gasteiger partial charge is 0.404 e. The van der Waals surface area contributed by atoms with Gasteiger partial charge in [0.2, 0.25) is 0 Å². The molecule has 1 aromatic rings. The van der Waals surface area contributed by atoms with Crippen molar-refractivity contribution >= 4 is 12.1 Å². The molecule has 0 radical (unpaired) electrons. The number of aliphatic hydroxyl groups excluding tert-OH is 1. The Hall–Kier alpha value is -2.12. The lowest BCUT2D eigenvalue weighted by Gasteiger charge is -2.27. The van der Waals surface area contributed by atoms with Crippen molar-refractivity contribution in [2.75, 3.05) is 19.6 Å². The van der Waals surface area contributed by atoms with Gasteiger partial charge in [0, 0.05) is 24.7 Å². The van der Waals surface area contributed by atoms with Crippen molar-refractivity contribution in [3.8, 4) is 0 Å². The van der Waals surface area contributed by atoms with Crippen molar-refractivity contribution in [3.05, 3.63) is 34.4 Å². The lowest BCUT2D eigenvalue weighted by molar-refractivity contribution is 0.0535. The fraction of sp³-hybridized carbons (Fsp3) is 0.529. The summed E-state index contributed by atoms with van der Waals surface area (Å²) in [6.45, 7) is 3.81. The number of β-amino-alcohol motifs (C(OH)–C–C–N with tert-alkyl or cyclic N) is 1. The molecule has 3 rings (SSSR count). The van der Waals surface area contributed by atoms with Gasteiger partial charge in [0.1, 0.15) is 6.61 Å². The SMILES string of the molecule is Cc1c([C@H](O)CN2CCCC2CNC(=O)O)ccc2c1COC2=O. The van der Waals surface area contributed by atoms with Crippen LogP contribution in [0, 0.1) is 6.92 Å². The Morgan fingerprint density at radius 2 is 2.29 bits per heavy atom. The molecule has 0 aliphatic carbocycles. The number of benzene rings is 1. The van der Waals surface area contributed by atoms with Gasteiger partial charge >= 0.3 is 12.1 Å². The molecule has 2 aliphatic heterocycles. The van der Waals surface area contributed by atoms with Gasteiger partial charge in [-0.2, -0.15) is 0 Å². The summed E-state index contributed by atoms with van der Waals surface area (Å²) in [5.74, 6) is -0.312. The van der Waals surface area contributed by atoms with Crippen LogP contribution in [-0.4, -0.2) is 52.9 Å². The van der Waals surface area contributed by atoms with E-state index in [2.05, 4.69) is 10.2 Å². The Morgan fingerprint density at radius 1 is 1.50 bits per heavy atom. The van der Waals surface area contributed by atoms with Gasteiger partial charge in [-0.3, -0.25) is 4.90 Å². The zero-order chi connectivity index (χ0) is 17.3. The first-order valence-corrected chi connectivity index (χ1v) is 8.15. The molecule has 0 spiro atoms. The minimum Gasteiger partial charge on any atom is -0.465 e. The molecule has 3 N–H and O–H groups in total. The molecular weight excluding hydrogens is 312 g/mol. The molecule has 2 atom stereocenters. The second-order valence-corrected chi connectivity index (χ2v) is 6.37. The van der Waals surface area contributed by atoms with Crippen molar-refractivity contribution < 1.29 is 24.5 Å². The van der Waals surface area contributed by atoms with Crippen LogP contribution in [0.1, 0.15) is 46.0 Å². The van der Waals surface area contributed by atoms with E-state index in [1.165, 1.54) is 0 Å². The van der Waals surface area contributed by atoms with E-state index in [4.69, 9.17) is 9.84 Å². The second-order valence-electron chi connectivity index (χ2n) is 6.37. The summed E-state index contributed by atoms with van der Waals surface area (Å²) >= 11 is 0. The van der Waals surface area contributed by atoms with E-state index in [0.29, 0.717) is 18.7 Å². The van der Waals surface area contributed by atoms with E-state index >= 15 is 0 Å². The van der Waals surface area contributed by atoms with E-state index in [0.717, 1.165) is 36.1 Å². The highest BCUT2D eigenvalue weighted by Crippen LogP contribution is 2.30. The maximum absolute atomic E-state index is 11.6. The number of nitrogens with zero attached hydrogens (tertiary/aromatic N) is 1. The second kappa shape index (κ2) is 6.78. The number of nitrogens with one attached hydrogen (secondary N) is 1. The molecule has 0 aromatic heterocycles. The molecule has 2 aliphatic rings. The van der Waals surface area contributed by atoms with Gasteiger partial charge in [0.25, 0.3) is 0 Å². The van der Waals surface area contributed by atoms with E-state index in [9.17, 15) is 14.7 Å². The number of carbonyl (C=O) groups excluding carboxylic acids is 1. The van der Waals surface area contributed by atoms with Crippen LogP contribution in [0.15, 0.2) is 12.1 Å². The third kappa shape index (κ3) is 3.22. The number of amides is 1. The molecule has 1 fully saturated rings. The molecule has 0 saturated carbocycles. The normalized spacial score (nSPS) is 21.4. The number of hydrogen-bond acceptors (Lipinski definition) is 5. The van der Waals surface area contributed by atoms with Crippen LogP contribution in [0.3, 0.4) is 0 Å². The van der Waals surface area contributed by atoms with Crippen LogP contribution in [0.5, 0.6) is 0 Å². The van der Waals surface area contributed by atoms with Crippen LogP contribution < -0.4 is 5.32 Å². The zero-order valence-electron chi connectivity index (χ0n) is 13.6. The minimum atomic E-state index is -1.03. The lowest BCUT2D eigenvalue weighted by atomic mass is 9.95. The van der Waals surface area contributed by atoms with Crippen molar-refractivity contribution in [2.24, 2.45) is 0 Å². The summed E-state index contributed by atoms with van der Waals surface area (Å²) in [5.41, 5.74) is 3.12. The largest absolute Gasteiger partial charge is 0.465 e. The minimum absolute atomic E-state index is 0.107. The van der Waals surface area contributed by atoms with Crippen molar-refractivity contribution in [1.29, 1.82) is 0 Å². The fourth-order valence-electron chi connectivity index (χ4n) is 3.62. The number of esters is 1. The first kappa shape index (κ1) is 16.7. The van der Waals surface area contributed by atoms with Crippen molar-refractivity contribution in [1.82, 2.24) is 10.2 Å². The first-order valence-electron chi connectivity index (χ1n) is 8.15. The Labute approximate surface area is 140 Å². The van der Waals surface area contributed by atoms with Crippen LogP contribution >= 0.6 is 0 Å². The monoisotopic (exact) mass is 334 g/mol. The molecule has 1 unspecified atom stereocenters. The molecule has 2 heterocycles. The number of likely N-dealkylation sites (tertiary alicyclic amines) is 1. The standard InChI is InChI=1S/C17H22N2O5/c1-10-12(4-5-13-14(10)9-24-16(13)21)15(20)8-19-6-2-3-11(19)7-18-17(22)23/h4-5,11,15,18,20H,2-3,6-9H2,1H3,(H,22,23)/t11?,15-/m1/s1. The summed E-state index contributed by atoms with van der Waals surface area (Å²) in [6.07, 6.45) is 0.195. The maximum Gasteiger partial charge on any atom is 0.404 e. The molecule has 0 bridgehead atoms. The molecule has 130 valence electrons. The summed E-state index contributed by atoms with van der Waals surface area (Å²) in [6, 6.07) is 3.60. The number of carboxylic acid groups (broad SMARTS) is 1. The molecule has 24 heavy (non-hydrogen) atoms. The van der Waals surface area contributed by atoms with E-state index in [1.807, 2.05) is 6.92 Å². The number of aliphatic hydroxyl groups is 1. The predicted molar refractivity (Wildman–Crippen MR) is 85.9 cm³/mol. The predicted octanol–water partition coefficient (Wildman–Crippen LogP) is 1.43. The van der Waals surface area contributed by atoms with E-state index in [-0.39, 0.29) is 18.6 Å². The van der Waals surface area contributed by atoms with Crippen LogP contribution in [0.4, 0.5) is 4.79 Å². The number of hydrogen-bond donors (Lipinski definition) is 3. The highest BCUT2D eigenvalue weighted by atomic mass is 16.5. The summed E-state index contributed by atoms with van der Waals surface area (Å²) in [5, 5.41) is 21.8. The Morgan fingerprint density at radius 3 is 3.04 bits per heavy atom. The molecule has 1 amide bonds. The van der Waals surface area contributed by atoms with Gasteiger partial charge in [0.05, 0.1) is 11.7 Å². The fourth-order valence-corrected chi connectivity index (χ4v) is 3.62. The van der Waals surface area contributed by atoms with Crippen molar-refractivity contribution in [2.45, 2.75) is 38.5 Å². The first-order chi connectivity index (χ1) is 11.5. The van der Waals surface area contributed by atoms with Gasteiger partial charge in [-0.15, -0.1) is 0 Å². The summed E-state index contributed by atoms with van der Waals surface area (Å²) < 4.78 is 5.05. The van der Waals surface area contributed by atoms with Gasteiger partial charge in [-0.1, -0.05) is 6.07 Å². The molecule has 7 heteroatoms. The molecule has 7 nitrogen and oxygen atoms in total.